The zero-order chi connectivity index (χ0) is 13.6. The van der Waals surface area contributed by atoms with Gasteiger partial charge in [-0.15, -0.1) is 0 Å². The minimum atomic E-state index is 0.561. The third-order valence-corrected chi connectivity index (χ3v) is 6.75. The lowest BCUT2D eigenvalue weighted by atomic mass is 9.85. The van der Waals surface area contributed by atoms with Crippen LogP contribution in [0.2, 0.25) is 0 Å². The van der Waals surface area contributed by atoms with E-state index in [1.807, 2.05) is 0 Å². The molecule has 0 atom stereocenters. The number of rotatable bonds is 5. The molecular weight excluding hydrogens is 316 g/mol. The van der Waals surface area contributed by atoms with Crippen molar-refractivity contribution in [2.24, 2.45) is 5.41 Å². The van der Waals surface area contributed by atoms with Crippen LogP contribution in [0.4, 0.5) is 0 Å². The van der Waals surface area contributed by atoms with Crippen molar-refractivity contribution in [3.63, 3.8) is 0 Å². The second-order valence-corrected chi connectivity index (χ2v) is 7.58. The molecule has 1 fully saturated rings. The van der Waals surface area contributed by atoms with Crippen LogP contribution in [0.15, 0.2) is 24.3 Å². The van der Waals surface area contributed by atoms with Gasteiger partial charge in [-0.05, 0) is 30.7 Å². The van der Waals surface area contributed by atoms with Crippen LogP contribution in [0.25, 0.3) is 0 Å². The molecule has 2 heteroatoms. The van der Waals surface area contributed by atoms with Gasteiger partial charge in [-0.1, -0.05) is 71.4 Å². The molecule has 19 heavy (non-hydrogen) atoms. The van der Waals surface area contributed by atoms with E-state index in [4.69, 9.17) is 0 Å². The van der Waals surface area contributed by atoms with E-state index in [2.05, 4.69) is 58.9 Å². The van der Waals surface area contributed by atoms with Gasteiger partial charge in [0.05, 0.1) is 0 Å². The Labute approximate surface area is 130 Å². The van der Waals surface area contributed by atoms with Crippen LogP contribution in [-0.4, -0.2) is 11.1 Å². The molecule has 1 aliphatic rings. The first-order chi connectivity index (χ1) is 9.24. The second kappa shape index (κ2) is 7.73. The molecule has 0 aliphatic heterocycles. The third-order valence-electron chi connectivity index (χ3n) is 4.21. The summed E-state index contributed by atoms with van der Waals surface area (Å²) in [6, 6.07) is 8.94. The smallest absolute Gasteiger partial charge is 0.0184 e. The molecule has 1 aromatic rings. The van der Waals surface area contributed by atoms with Gasteiger partial charge < -0.3 is 0 Å². The van der Waals surface area contributed by atoms with Crippen LogP contribution in [0.5, 0.6) is 0 Å². The summed E-state index contributed by atoms with van der Waals surface area (Å²) in [7, 11) is 0. The number of benzene rings is 1. The predicted molar refractivity (Wildman–Crippen MR) is 91.3 cm³/mol. The zero-order valence-electron chi connectivity index (χ0n) is 12.0. The average molecular weight is 341 g/mol. The lowest BCUT2D eigenvalue weighted by molar-refractivity contribution is 0.334. The van der Waals surface area contributed by atoms with Crippen LogP contribution in [0.3, 0.4) is 0 Å². The van der Waals surface area contributed by atoms with E-state index in [0.717, 1.165) is 5.75 Å². The third kappa shape index (κ3) is 4.82. The summed E-state index contributed by atoms with van der Waals surface area (Å²) < 4.78 is 0. The number of aryl methyl sites for hydroxylation is 1. The summed E-state index contributed by atoms with van der Waals surface area (Å²) in [6.07, 6.45) is 8.57. The number of halogens is 1. The zero-order valence-corrected chi connectivity index (χ0v) is 14.4. The Morgan fingerprint density at radius 3 is 2.53 bits per heavy atom. The minimum Gasteiger partial charge on any atom is -0.157 e. The molecule has 1 aliphatic carbocycles. The molecule has 0 unspecified atom stereocenters. The Bertz CT molecular complexity index is 381. The van der Waals surface area contributed by atoms with Gasteiger partial charge in [0.15, 0.2) is 0 Å². The van der Waals surface area contributed by atoms with Crippen molar-refractivity contribution in [2.75, 3.05) is 11.1 Å². The summed E-state index contributed by atoms with van der Waals surface area (Å²) >= 11 is 5.91. The quantitative estimate of drug-likeness (QED) is 0.470. The Kier molecular flexibility index (Phi) is 6.28. The molecule has 2 rings (SSSR count). The highest BCUT2D eigenvalue weighted by atomic mass is 79.9. The van der Waals surface area contributed by atoms with E-state index in [1.165, 1.54) is 60.7 Å². The number of thioether (sulfide) groups is 1. The number of hydrogen-bond donors (Lipinski definition) is 0. The van der Waals surface area contributed by atoms with E-state index in [1.54, 1.807) is 0 Å². The first-order valence-corrected chi connectivity index (χ1v) is 9.71. The van der Waals surface area contributed by atoms with Crippen molar-refractivity contribution in [3.8, 4) is 0 Å². The summed E-state index contributed by atoms with van der Waals surface area (Å²) in [5, 5.41) is 1.18. The van der Waals surface area contributed by atoms with Crippen molar-refractivity contribution in [2.45, 2.75) is 51.2 Å². The standard InChI is InChI=1S/C17H25BrS/c1-15-7-6-8-16(11-15)12-19-14-17(13-18)9-4-2-3-5-10-17/h6-8,11H,2-5,9-10,12-14H2,1H3. The summed E-state index contributed by atoms with van der Waals surface area (Å²) in [5.74, 6) is 2.47. The Morgan fingerprint density at radius 2 is 1.89 bits per heavy atom. The van der Waals surface area contributed by atoms with Crippen molar-refractivity contribution >= 4 is 27.7 Å². The topological polar surface area (TPSA) is 0 Å². The molecule has 106 valence electrons. The molecular formula is C17H25BrS. The van der Waals surface area contributed by atoms with Crippen molar-refractivity contribution in [3.05, 3.63) is 35.4 Å². The summed E-state index contributed by atoms with van der Waals surface area (Å²) in [5.41, 5.74) is 3.41. The van der Waals surface area contributed by atoms with E-state index < -0.39 is 0 Å². The van der Waals surface area contributed by atoms with E-state index in [9.17, 15) is 0 Å². The van der Waals surface area contributed by atoms with Crippen molar-refractivity contribution < 1.29 is 0 Å². The Morgan fingerprint density at radius 1 is 1.16 bits per heavy atom. The molecule has 0 spiro atoms. The van der Waals surface area contributed by atoms with Gasteiger partial charge in [-0.25, -0.2) is 0 Å². The average Bonchev–Trinajstić information content (AvgIpc) is 2.65. The van der Waals surface area contributed by atoms with E-state index in [0.29, 0.717) is 5.41 Å². The van der Waals surface area contributed by atoms with Crippen molar-refractivity contribution in [1.82, 2.24) is 0 Å². The van der Waals surface area contributed by atoms with Crippen LogP contribution in [0, 0.1) is 12.3 Å². The summed E-state index contributed by atoms with van der Waals surface area (Å²) in [4.78, 5) is 0. The second-order valence-electron chi connectivity index (χ2n) is 6.03. The molecule has 1 saturated carbocycles. The highest BCUT2D eigenvalue weighted by Crippen LogP contribution is 2.39. The van der Waals surface area contributed by atoms with Crippen LogP contribution >= 0.6 is 27.7 Å². The van der Waals surface area contributed by atoms with Gasteiger partial charge in [0.25, 0.3) is 0 Å². The van der Waals surface area contributed by atoms with Crippen LogP contribution in [0.1, 0.15) is 49.7 Å². The van der Waals surface area contributed by atoms with Crippen LogP contribution < -0.4 is 0 Å². The maximum Gasteiger partial charge on any atom is 0.0184 e. The number of alkyl halides is 1. The monoisotopic (exact) mass is 340 g/mol. The fourth-order valence-electron chi connectivity index (χ4n) is 2.98. The van der Waals surface area contributed by atoms with Gasteiger partial charge in [0, 0.05) is 16.8 Å². The highest BCUT2D eigenvalue weighted by molar-refractivity contribution is 9.09. The van der Waals surface area contributed by atoms with Gasteiger partial charge in [-0.3, -0.25) is 0 Å². The van der Waals surface area contributed by atoms with Crippen molar-refractivity contribution in [1.29, 1.82) is 0 Å². The van der Waals surface area contributed by atoms with E-state index in [-0.39, 0.29) is 0 Å². The lowest BCUT2D eigenvalue weighted by Gasteiger charge is -2.30. The maximum absolute atomic E-state index is 3.79. The first-order valence-electron chi connectivity index (χ1n) is 7.43. The lowest BCUT2D eigenvalue weighted by Crippen LogP contribution is -2.25. The van der Waals surface area contributed by atoms with Gasteiger partial charge in [0.1, 0.15) is 0 Å². The molecule has 0 nitrogen and oxygen atoms in total. The SMILES string of the molecule is Cc1cccc(CSCC2(CBr)CCCCCC2)c1. The Hall–Kier alpha value is 0.0500. The first kappa shape index (κ1) is 15.4. The number of hydrogen-bond acceptors (Lipinski definition) is 1. The minimum absolute atomic E-state index is 0.561. The molecule has 0 aromatic heterocycles. The van der Waals surface area contributed by atoms with Gasteiger partial charge in [-0.2, -0.15) is 11.8 Å². The van der Waals surface area contributed by atoms with Gasteiger partial charge >= 0.3 is 0 Å². The highest BCUT2D eigenvalue weighted by Gasteiger charge is 2.29. The Balaban J connectivity index is 1.85. The molecule has 0 saturated heterocycles. The summed E-state index contributed by atoms with van der Waals surface area (Å²) in [6.45, 7) is 2.18. The largest absolute Gasteiger partial charge is 0.157 e. The van der Waals surface area contributed by atoms with Gasteiger partial charge in [0.2, 0.25) is 0 Å². The molecule has 0 N–H and O–H groups in total. The van der Waals surface area contributed by atoms with E-state index >= 15 is 0 Å². The molecule has 0 amide bonds. The molecule has 0 heterocycles. The fraction of sp³-hybridized carbons (Fsp3) is 0.647. The molecule has 0 bridgehead atoms. The predicted octanol–water partition coefficient (Wildman–Crippen LogP) is 5.96. The van der Waals surface area contributed by atoms with Crippen LogP contribution in [-0.2, 0) is 5.75 Å². The normalized spacial score (nSPS) is 19.1. The molecule has 1 aromatic carbocycles. The maximum atomic E-state index is 3.79. The fourth-order valence-corrected chi connectivity index (χ4v) is 5.34. The molecule has 0 radical (unpaired) electrons.